The highest BCUT2D eigenvalue weighted by atomic mass is 32.2. The first kappa shape index (κ1) is 15.2. The third-order valence-corrected chi connectivity index (χ3v) is 3.22. The molecule has 0 amide bonds. The van der Waals surface area contributed by atoms with E-state index in [4.69, 9.17) is 0 Å². The Labute approximate surface area is 104 Å². The lowest BCUT2D eigenvalue weighted by Gasteiger charge is -2.18. The molecule has 0 aromatic heterocycles. The molecule has 0 fully saturated rings. The van der Waals surface area contributed by atoms with Gasteiger partial charge in [0.05, 0.1) is 11.1 Å². The lowest BCUT2D eigenvalue weighted by molar-refractivity contribution is -0.143. The SMILES string of the molecule is CCc1c(SC)cc(C(F)(F)F)cc1C(F)(F)F. The molecule has 0 atom stereocenters. The molecule has 0 radical (unpaired) electrons. The molecule has 18 heavy (non-hydrogen) atoms. The molecule has 0 bridgehead atoms. The lowest BCUT2D eigenvalue weighted by Crippen LogP contribution is -2.14. The summed E-state index contributed by atoms with van der Waals surface area (Å²) in [4.78, 5) is 0.0136. The van der Waals surface area contributed by atoms with E-state index in [9.17, 15) is 26.3 Å². The molecule has 0 unspecified atom stereocenters. The molecule has 0 aliphatic carbocycles. The van der Waals surface area contributed by atoms with Crippen molar-refractivity contribution in [3.63, 3.8) is 0 Å². The quantitative estimate of drug-likeness (QED) is 0.544. The summed E-state index contributed by atoms with van der Waals surface area (Å²) < 4.78 is 75.8. The second-order valence-corrected chi connectivity index (χ2v) is 4.40. The lowest BCUT2D eigenvalue weighted by atomic mass is 10.0. The van der Waals surface area contributed by atoms with E-state index >= 15 is 0 Å². The number of alkyl halides is 6. The standard InChI is InChI=1S/C11H10F6S/c1-3-7-8(11(15,16)17)4-6(10(12,13)14)5-9(7)18-2/h4-5H,3H2,1-2H3. The molecule has 0 aliphatic heterocycles. The summed E-state index contributed by atoms with van der Waals surface area (Å²) in [6.07, 6.45) is -8.08. The Morgan fingerprint density at radius 1 is 1.00 bits per heavy atom. The molecule has 0 saturated heterocycles. The normalized spacial score (nSPS) is 12.9. The van der Waals surface area contributed by atoms with Crippen LogP contribution in [0, 0.1) is 0 Å². The van der Waals surface area contributed by atoms with E-state index in [1.165, 1.54) is 13.2 Å². The maximum Gasteiger partial charge on any atom is 0.416 e. The Bertz CT molecular complexity index is 432. The maximum atomic E-state index is 12.7. The van der Waals surface area contributed by atoms with Crippen molar-refractivity contribution in [2.24, 2.45) is 0 Å². The summed E-state index contributed by atoms with van der Waals surface area (Å²) in [6, 6.07) is 0.942. The van der Waals surface area contributed by atoms with Crippen molar-refractivity contribution in [3.8, 4) is 0 Å². The average molecular weight is 288 g/mol. The highest BCUT2D eigenvalue weighted by Crippen LogP contribution is 2.41. The largest absolute Gasteiger partial charge is 0.416 e. The van der Waals surface area contributed by atoms with Gasteiger partial charge >= 0.3 is 12.4 Å². The number of halogens is 6. The molecule has 102 valence electrons. The van der Waals surface area contributed by atoms with Crippen LogP contribution in [-0.4, -0.2) is 6.26 Å². The molecule has 0 nitrogen and oxygen atoms in total. The fourth-order valence-corrected chi connectivity index (χ4v) is 2.35. The summed E-state index contributed by atoms with van der Waals surface area (Å²) in [5, 5.41) is 0. The first-order chi connectivity index (χ1) is 8.11. The minimum atomic E-state index is -4.78. The van der Waals surface area contributed by atoms with Crippen LogP contribution in [0.1, 0.15) is 23.6 Å². The van der Waals surface area contributed by atoms with Crippen LogP contribution in [0.2, 0.25) is 0 Å². The molecule has 1 aromatic carbocycles. The summed E-state index contributed by atoms with van der Waals surface area (Å²) in [6.45, 7) is 1.48. The number of hydrogen-bond acceptors (Lipinski definition) is 1. The second-order valence-electron chi connectivity index (χ2n) is 3.55. The first-order valence-electron chi connectivity index (χ1n) is 4.96. The Kier molecular flexibility index (Phi) is 4.25. The van der Waals surface area contributed by atoms with Crippen LogP contribution in [0.5, 0.6) is 0 Å². The van der Waals surface area contributed by atoms with Gasteiger partial charge < -0.3 is 0 Å². The molecule has 0 N–H and O–H groups in total. The van der Waals surface area contributed by atoms with Gasteiger partial charge in [-0.2, -0.15) is 26.3 Å². The molecule has 0 aliphatic rings. The predicted octanol–water partition coefficient (Wildman–Crippen LogP) is 5.01. The molecular formula is C11H10F6S. The van der Waals surface area contributed by atoms with E-state index in [0.29, 0.717) is 0 Å². The van der Waals surface area contributed by atoms with Gasteiger partial charge in [0, 0.05) is 4.90 Å². The van der Waals surface area contributed by atoms with Crippen LogP contribution in [0.4, 0.5) is 26.3 Å². The van der Waals surface area contributed by atoms with Gasteiger partial charge in [-0.05, 0) is 30.4 Å². The minimum Gasteiger partial charge on any atom is -0.166 e. The van der Waals surface area contributed by atoms with Crippen LogP contribution in [0.25, 0.3) is 0 Å². The van der Waals surface area contributed by atoms with E-state index in [-0.39, 0.29) is 22.9 Å². The molecule has 0 heterocycles. The van der Waals surface area contributed by atoms with Crippen molar-refractivity contribution in [2.45, 2.75) is 30.6 Å². The topological polar surface area (TPSA) is 0 Å². The zero-order chi connectivity index (χ0) is 14.1. The van der Waals surface area contributed by atoms with E-state index in [1.54, 1.807) is 0 Å². The molecule has 1 aromatic rings. The summed E-state index contributed by atoms with van der Waals surface area (Å²) >= 11 is 0.881. The summed E-state index contributed by atoms with van der Waals surface area (Å²) in [5.74, 6) is 0. The zero-order valence-corrected chi connectivity index (χ0v) is 10.4. The smallest absolute Gasteiger partial charge is 0.166 e. The van der Waals surface area contributed by atoms with Crippen molar-refractivity contribution in [1.29, 1.82) is 0 Å². The van der Waals surface area contributed by atoms with Gasteiger partial charge in [-0.15, -0.1) is 11.8 Å². The van der Waals surface area contributed by atoms with Gasteiger partial charge in [-0.25, -0.2) is 0 Å². The second kappa shape index (κ2) is 5.03. The predicted molar refractivity (Wildman–Crippen MR) is 57.6 cm³/mol. The Balaban J connectivity index is 3.57. The number of hydrogen-bond donors (Lipinski definition) is 0. The van der Waals surface area contributed by atoms with Gasteiger partial charge in [-0.1, -0.05) is 6.92 Å². The van der Waals surface area contributed by atoms with Crippen LogP contribution in [0.15, 0.2) is 17.0 Å². The fraction of sp³-hybridized carbons (Fsp3) is 0.455. The highest BCUT2D eigenvalue weighted by Gasteiger charge is 2.38. The molecule has 0 spiro atoms. The van der Waals surface area contributed by atoms with Gasteiger partial charge in [0.15, 0.2) is 0 Å². The molecular weight excluding hydrogens is 278 g/mol. The third-order valence-electron chi connectivity index (χ3n) is 2.42. The van der Waals surface area contributed by atoms with Crippen LogP contribution in [0.3, 0.4) is 0 Å². The van der Waals surface area contributed by atoms with Crippen LogP contribution < -0.4 is 0 Å². The van der Waals surface area contributed by atoms with Gasteiger partial charge in [0.1, 0.15) is 0 Å². The number of benzene rings is 1. The van der Waals surface area contributed by atoms with Crippen molar-refractivity contribution in [1.82, 2.24) is 0 Å². The molecule has 0 saturated carbocycles. The van der Waals surface area contributed by atoms with Crippen molar-refractivity contribution < 1.29 is 26.3 Å². The zero-order valence-electron chi connectivity index (χ0n) is 9.54. The van der Waals surface area contributed by atoms with Crippen molar-refractivity contribution in [2.75, 3.05) is 6.26 Å². The average Bonchev–Trinajstić information content (AvgIpc) is 2.24. The van der Waals surface area contributed by atoms with Gasteiger partial charge in [0.2, 0.25) is 0 Å². The Morgan fingerprint density at radius 3 is 1.89 bits per heavy atom. The van der Waals surface area contributed by atoms with E-state index in [2.05, 4.69) is 0 Å². The maximum absolute atomic E-state index is 12.7. The van der Waals surface area contributed by atoms with Gasteiger partial charge in [-0.3, -0.25) is 0 Å². The van der Waals surface area contributed by atoms with Crippen LogP contribution in [-0.2, 0) is 18.8 Å². The van der Waals surface area contributed by atoms with Crippen molar-refractivity contribution >= 4 is 11.8 Å². The summed E-state index contributed by atoms with van der Waals surface area (Å²) in [7, 11) is 0. The molecule has 1 rings (SSSR count). The van der Waals surface area contributed by atoms with E-state index in [1.807, 2.05) is 0 Å². The fourth-order valence-electron chi connectivity index (χ4n) is 1.61. The third kappa shape index (κ3) is 3.13. The Morgan fingerprint density at radius 2 is 1.56 bits per heavy atom. The monoisotopic (exact) mass is 288 g/mol. The van der Waals surface area contributed by atoms with E-state index in [0.717, 1.165) is 17.8 Å². The number of thioether (sulfide) groups is 1. The van der Waals surface area contributed by atoms with Crippen molar-refractivity contribution in [3.05, 3.63) is 28.8 Å². The summed E-state index contributed by atoms with van der Waals surface area (Å²) in [5.41, 5.74) is -2.57. The molecule has 7 heteroatoms. The minimum absolute atomic E-state index is 0.0136. The van der Waals surface area contributed by atoms with Gasteiger partial charge in [0.25, 0.3) is 0 Å². The number of rotatable bonds is 2. The highest BCUT2D eigenvalue weighted by molar-refractivity contribution is 7.98. The van der Waals surface area contributed by atoms with Crippen LogP contribution >= 0.6 is 11.8 Å². The van der Waals surface area contributed by atoms with E-state index < -0.39 is 23.5 Å². The first-order valence-corrected chi connectivity index (χ1v) is 6.19. The Hall–Kier alpha value is -0.850.